The number of piperidine rings is 1. The first-order chi connectivity index (χ1) is 10.1. The summed E-state index contributed by atoms with van der Waals surface area (Å²) < 4.78 is 5.76. The summed E-state index contributed by atoms with van der Waals surface area (Å²) >= 11 is 0. The van der Waals surface area contributed by atoms with Gasteiger partial charge in [-0.05, 0) is 44.1 Å². The Morgan fingerprint density at radius 3 is 2.62 bits per heavy atom. The van der Waals surface area contributed by atoms with Crippen LogP contribution in [0.3, 0.4) is 0 Å². The van der Waals surface area contributed by atoms with Crippen molar-refractivity contribution in [2.75, 3.05) is 32.0 Å². The summed E-state index contributed by atoms with van der Waals surface area (Å²) in [5.74, 6) is 0.768. The van der Waals surface area contributed by atoms with Gasteiger partial charge in [0.2, 0.25) is 0 Å². The minimum absolute atomic E-state index is 0.0183. The van der Waals surface area contributed by atoms with Crippen LogP contribution in [0.5, 0.6) is 5.75 Å². The van der Waals surface area contributed by atoms with E-state index in [-0.39, 0.29) is 11.7 Å². The zero-order valence-corrected chi connectivity index (χ0v) is 13.1. The molecule has 0 saturated carbocycles. The van der Waals surface area contributed by atoms with Gasteiger partial charge in [-0.25, -0.2) is 0 Å². The van der Waals surface area contributed by atoms with Crippen LogP contribution in [0.25, 0.3) is 0 Å². The van der Waals surface area contributed by atoms with Crippen LogP contribution in [-0.2, 0) is 0 Å². The number of nitrogens with zero attached hydrogens (tertiary/aromatic N) is 1. The van der Waals surface area contributed by atoms with Crippen LogP contribution in [-0.4, -0.2) is 36.9 Å². The van der Waals surface area contributed by atoms with Crippen LogP contribution in [0.1, 0.15) is 43.5 Å². The van der Waals surface area contributed by atoms with Gasteiger partial charge in [0.05, 0.1) is 5.69 Å². The summed E-state index contributed by atoms with van der Waals surface area (Å²) in [6.07, 6.45) is 3.91. The number of rotatable bonds is 6. The van der Waals surface area contributed by atoms with Crippen LogP contribution in [0, 0.1) is 5.92 Å². The molecule has 21 heavy (non-hydrogen) atoms. The van der Waals surface area contributed by atoms with E-state index in [1.165, 1.54) is 32.4 Å². The molecular weight excluding hydrogens is 264 g/mol. The van der Waals surface area contributed by atoms with Crippen LogP contribution in [0.2, 0.25) is 0 Å². The van der Waals surface area contributed by atoms with Gasteiger partial charge in [-0.2, -0.15) is 0 Å². The lowest BCUT2D eigenvalue weighted by Crippen LogP contribution is -2.33. The number of nitrogens with two attached hydrogens (primary N) is 1. The maximum Gasteiger partial charge on any atom is 0.165 e. The minimum Gasteiger partial charge on any atom is -0.490 e. The lowest BCUT2D eigenvalue weighted by atomic mass is 10.0. The van der Waals surface area contributed by atoms with Crippen LogP contribution >= 0.6 is 0 Å². The second-order valence-electron chi connectivity index (χ2n) is 6.02. The summed E-state index contributed by atoms with van der Waals surface area (Å²) in [5.41, 5.74) is 7.19. The van der Waals surface area contributed by atoms with Crippen LogP contribution in [0.4, 0.5) is 5.69 Å². The first-order valence-electron chi connectivity index (χ1n) is 7.87. The molecule has 1 aliphatic rings. The fourth-order valence-electron chi connectivity index (χ4n) is 2.63. The first-order valence-corrected chi connectivity index (χ1v) is 7.87. The average Bonchev–Trinajstić information content (AvgIpc) is 2.49. The summed E-state index contributed by atoms with van der Waals surface area (Å²) in [7, 11) is 0. The number of anilines is 1. The van der Waals surface area contributed by atoms with E-state index < -0.39 is 0 Å². The summed E-state index contributed by atoms with van der Waals surface area (Å²) in [6.45, 7) is 7.69. The van der Waals surface area contributed by atoms with Gasteiger partial charge in [0.25, 0.3) is 0 Å². The summed E-state index contributed by atoms with van der Waals surface area (Å²) in [6, 6.07) is 5.33. The summed E-state index contributed by atoms with van der Waals surface area (Å²) in [4.78, 5) is 14.4. The average molecular weight is 290 g/mol. The van der Waals surface area contributed by atoms with Crippen molar-refractivity contribution < 1.29 is 9.53 Å². The van der Waals surface area contributed by atoms with Gasteiger partial charge in [-0.3, -0.25) is 9.69 Å². The third kappa shape index (κ3) is 4.46. The Hall–Kier alpha value is -1.55. The molecule has 116 valence electrons. The van der Waals surface area contributed by atoms with Crippen molar-refractivity contribution in [3.05, 3.63) is 23.8 Å². The molecular formula is C17H26N2O2. The lowest BCUT2D eigenvalue weighted by molar-refractivity contribution is 0.0939. The first kappa shape index (κ1) is 15.8. The van der Waals surface area contributed by atoms with E-state index in [2.05, 4.69) is 4.90 Å². The van der Waals surface area contributed by atoms with Gasteiger partial charge in [-0.15, -0.1) is 0 Å². The number of nitrogen functional groups attached to an aromatic ring is 1. The third-order valence-electron chi connectivity index (χ3n) is 3.93. The van der Waals surface area contributed by atoms with Crippen molar-refractivity contribution in [3.8, 4) is 5.75 Å². The molecule has 0 atom stereocenters. The van der Waals surface area contributed by atoms with Gasteiger partial charge >= 0.3 is 0 Å². The molecule has 1 aromatic carbocycles. The molecule has 4 nitrogen and oxygen atoms in total. The quantitative estimate of drug-likeness (QED) is 0.646. The van der Waals surface area contributed by atoms with E-state index in [1.54, 1.807) is 18.2 Å². The van der Waals surface area contributed by atoms with Crippen molar-refractivity contribution in [3.63, 3.8) is 0 Å². The highest BCUT2D eigenvalue weighted by atomic mass is 16.5. The van der Waals surface area contributed by atoms with Crippen molar-refractivity contribution in [2.45, 2.75) is 33.1 Å². The Kier molecular flexibility index (Phi) is 5.62. The Morgan fingerprint density at radius 1 is 1.29 bits per heavy atom. The maximum absolute atomic E-state index is 11.9. The Morgan fingerprint density at radius 2 is 2.00 bits per heavy atom. The number of carbonyl (C=O) groups is 1. The molecule has 0 amide bonds. The van der Waals surface area contributed by atoms with E-state index in [4.69, 9.17) is 10.5 Å². The molecule has 0 spiro atoms. The van der Waals surface area contributed by atoms with E-state index >= 15 is 0 Å². The topological polar surface area (TPSA) is 55.6 Å². The predicted molar refractivity (Wildman–Crippen MR) is 85.8 cm³/mol. The number of hydrogen-bond donors (Lipinski definition) is 1. The van der Waals surface area contributed by atoms with Crippen molar-refractivity contribution in [1.29, 1.82) is 0 Å². The number of likely N-dealkylation sites (tertiary alicyclic amines) is 1. The highest BCUT2D eigenvalue weighted by molar-refractivity contribution is 5.98. The normalized spacial score (nSPS) is 16.1. The van der Waals surface area contributed by atoms with Crippen LogP contribution < -0.4 is 10.5 Å². The lowest BCUT2D eigenvalue weighted by Gasteiger charge is -2.26. The van der Waals surface area contributed by atoms with Crippen molar-refractivity contribution >= 4 is 11.5 Å². The molecule has 2 rings (SSSR count). The molecule has 0 aliphatic carbocycles. The summed E-state index contributed by atoms with van der Waals surface area (Å²) in [5, 5.41) is 0. The van der Waals surface area contributed by atoms with Crippen LogP contribution in [0.15, 0.2) is 18.2 Å². The second kappa shape index (κ2) is 7.46. The molecule has 0 unspecified atom stereocenters. The van der Waals surface area contributed by atoms with E-state index in [1.807, 2.05) is 13.8 Å². The molecule has 0 radical (unpaired) electrons. The molecule has 1 heterocycles. The number of hydrogen-bond acceptors (Lipinski definition) is 4. The maximum atomic E-state index is 11.9. The Labute approximate surface area is 127 Å². The Bertz CT molecular complexity index is 480. The molecule has 4 heteroatoms. The SMILES string of the molecule is CC(C)C(=O)c1ccc(OCCN2CCCCC2)c(N)c1. The standard InChI is InChI=1S/C17H26N2O2/c1-13(2)17(20)14-6-7-16(15(18)12-14)21-11-10-19-8-4-3-5-9-19/h6-7,12-13H,3-5,8-11,18H2,1-2H3. The number of ketones is 1. The smallest absolute Gasteiger partial charge is 0.165 e. The zero-order valence-electron chi connectivity index (χ0n) is 13.1. The van der Waals surface area contributed by atoms with E-state index in [9.17, 15) is 4.79 Å². The molecule has 2 N–H and O–H groups in total. The second-order valence-corrected chi connectivity index (χ2v) is 6.02. The highest BCUT2D eigenvalue weighted by Crippen LogP contribution is 2.24. The third-order valence-corrected chi connectivity index (χ3v) is 3.93. The number of Topliss-reactive ketones (excluding diaryl/α,β-unsaturated/α-hetero) is 1. The number of carbonyl (C=O) groups excluding carboxylic acids is 1. The number of benzene rings is 1. The van der Waals surface area contributed by atoms with Gasteiger partial charge < -0.3 is 10.5 Å². The highest BCUT2D eigenvalue weighted by Gasteiger charge is 2.13. The van der Waals surface area contributed by atoms with E-state index in [0.717, 1.165) is 6.54 Å². The van der Waals surface area contributed by atoms with Gasteiger partial charge in [0, 0.05) is 18.0 Å². The van der Waals surface area contributed by atoms with Gasteiger partial charge in [-0.1, -0.05) is 20.3 Å². The molecule has 1 aromatic rings. The van der Waals surface area contributed by atoms with Crippen molar-refractivity contribution in [1.82, 2.24) is 4.90 Å². The molecule has 0 bridgehead atoms. The zero-order chi connectivity index (χ0) is 15.2. The van der Waals surface area contributed by atoms with Crippen molar-refractivity contribution in [2.24, 2.45) is 5.92 Å². The fourth-order valence-corrected chi connectivity index (χ4v) is 2.63. The molecule has 0 aromatic heterocycles. The fraction of sp³-hybridized carbons (Fsp3) is 0.588. The predicted octanol–water partition coefficient (Wildman–Crippen LogP) is 2.97. The Balaban J connectivity index is 1.87. The molecule has 1 aliphatic heterocycles. The van der Waals surface area contributed by atoms with E-state index in [0.29, 0.717) is 23.6 Å². The number of ether oxygens (including phenoxy) is 1. The molecule has 1 saturated heterocycles. The van der Waals surface area contributed by atoms with Gasteiger partial charge in [0.15, 0.2) is 5.78 Å². The minimum atomic E-state index is -0.0183. The van der Waals surface area contributed by atoms with Gasteiger partial charge in [0.1, 0.15) is 12.4 Å². The molecule has 1 fully saturated rings. The largest absolute Gasteiger partial charge is 0.490 e. The monoisotopic (exact) mass is 290 g/mol.